The van der Waals surface area contributed by atoms with Crippen LogP contribution in [0.2, 0.25) is 0 Å². The van der Waals surface area contributed by atoms with E-state index in [-0.39, 0.29) is 11.7 Å². The Morgan fingerprint density at radius 3 is 2.26 bits per heavy atom. The van der Waals surface area contributed by atoms with Gasteiger partial charge in [0.15, 0.2) is 23.4 Å². The van der Waals surface area contributed by atoms with Crippen molar-refractivity contribution in [3.05, 3.63) is 23.8 Å². The molecule has 0 heterocycles. The lowest BCUT2D eigenvalue weighted by Gasteiger charge is -2.20. The number of hydrogen-bond acceptors (Lipinski definition) is 4. The summed E-state index contributed by atoms with van der Waals surface area (Å²) in [5, 5.41) is 9.09. The van der Waals surface area contributed by atoms with E-state index in [2.05, 4.69) is 0 Å². The topological polar surface area (TPSA) is 72.8 Å². The Bertz CT molecular complexity index is 479. The molecule has 0 aliphatic rings. The zero-order valence-corrected chi connectivity index (χ0v) is 11.5. The fourth-order valence-electron chi connectivity index (χ4n) is 1.59. The third-order valence-corrected chi connectivity index (χ3v) is 2.67. The zero-order chi connectivity index (χ0) is 14.6. The molecule has 0 bridgehead atoms. The first-order chi connectivity index (χ1) is 8.86. The fourth-order valence-corrected chi connectivity index (χ4v) is 1.59. The molecule has 1 rings (SSSR count). The van der Waals surface area contributed by atoms with Gasteiger partial charge in [-0.15, -0.1) is 0 Å². The summed E-state index contributed by atoms with van der Waals surface area (Å²) >= 11 is 0. The quantitative estimate of drug-likeness (QED) is 0.800. The van der Waals surface area contributed by atoms with Crippen molar-refractivity contribution in [1.82, 2.24) is 0 Å². The maximum Gasteiger partial charge on any atom is 0.345 e. The first-order valence-electron chi connectivity index (χ1n) is 5.95. The van der Waals surface area contributed by atoms with Crippen LogP contribution >= 0.6 is 0 Å². The van der Waals surface area contributed by atoms with Gasteiger partial charge < -0.3 is 14.6 Å². The Morgan fingerprint density at radius 1 is 1.21 bits per heavy atom. The minimum absolute atomic E-state index is 0.0940. The van der Waals surface area contributed by atoms with E-state index in [4.69, 9.17) is 14.6 Å². The Kier molecular flexibility index (Phi) is 4.92. The highest BCUT2D eigenvalue weighted by Crippen LogP contribution is 2.30. The van der Waals surface area contributed by atoms with E-state index >= 15 is 0 Å². The Hall–Kier alpha value is -2.04. The maximum absolute atomic E-state index is 11.3. The molecule has 0 aliphatic heterocycles. The van der Waals surface area contributed by atoms with Crippen LogP contribution in [0, 0.1) is 5.92 Å². The van der Waals surface area contributed by atoms with Gasteiger partial charge in [0.2, 0.25) is 0 Å². The molecule has 1 unspecified atom stereocenters. The van der Waals surface area contributed by atoms with Crippen molar-refractivity contribution in [3.63, 3.8) is 0 Å². The molecular weight excluding hydrogens is 248 g/mol. The van der Waals surface area contributed by atoms with Gasteiger partial charge in [0.05, 0.1) is 7.11 Å². The third-order valence-electron chi connectivity index (χ3n) is 2.67. The maximum atomic E-state index is 11.3. The molecule has 0 radical (unpaired) electrons. The van der Waals surface area contributed by atoms with E-state index in [0.29, 0.717) is 17.1 Å². The highest BCUT2D eigenvalue weighted by atomic mass is 16.5. The van der Waals surface area contributed by atoms with E-state index in [1.807, 2.05) is 0 Å². The summed E-state index contributed by atoms with van der Waals surface area (Å²) in [6, 6.07) is 4.67. The molecule has 5 nitrogen and oxygen atoms in total. The van der Waals surface area contributed by atoms with Gasteiger partial charge in [-0.3, -0.25) is 4.79 Å². The number of carbonyl (C=O) groups excluding carboxylic acids is 1. The molecule has 1 atom stereocenters. The number of ketones is 1. The smallest absolute Gasteiger partial charge is 0.345 e. The molecule has 0 saturated carbocycles. The van der Waals surface area contributed by atoms with Gasteiger partial charge in [-0.2, -0.15) is 0 Å². The molecule has 19 heavy (non-hydrogen) atoms. The molecule has 0 spiro atoms. The number of rotatable bonds is 6. The first kappa shape index (κ1) is 15.0. The van der Waals surface area contributed by atoms with Crippen molar-refractivity contribution in [2.45, 2.75) is 26.9 Å². The van der Waals surface area contributed by atoms with Gasteiger partial charge in [-0.05, 0) is 25.1 Å². The SMILES string of the molecule is COc1cc(C(C)=O)ccc1OC(C(=O)O)C(C)C. The fraction of sp³-hybridized carbons (Fsp3) is 0.429. The Balaban J connectivity index is 3.06. The number of carboxylic acids is 1. The number of ether oxygens (including phenoxy) is 2. The van der Waals surface area contributed by atoms with Crippen LogP contribution in [0.5, 0.6) is 11.5 Å². The van der Waals surface area contributed by atoms with E-state index in [9.17, 15) is 9.59 Å². The van der Waals surface area contributed by atoms with Gasteiger partial charge in [-0.25, -0.2) is 4.79 Å². The molecule has 0 fully saturated rings. The summed E-state index contributed by atoms with van der Waals surface area (Å²) in [4.78, 5) is 22.4. The van der Waals surface area contributed by atoms with Crippen molar-refractivity contribution in [1.29, 1.82) is 0 Å². The highest BCUT2D eigenvalue weighted by molar-refractivity contribution is 5.94. The van der Waals surface area contributed by atoms with Crippen LogP contribution < -0.4 is 9.47 Å². The lowest BCUT2D eigenvalue weighted by atomic mass is 10.1. The Labute approximate surface area is 112 Å². The van der Waals surface area contributed by atoms with Gasteiger partial charge in [0, 0.05) is 11.5 Å². The van der Waals surface area contributed by atoms with Crippen molar-refractivity contribution in [2.75, 3.05) is 7.11 Å². The number of Topliss-reactive ketones (excluding diaryl/α,β-unsaturated/α-hetero) is 1. The highest BCUT2D eigenvalue weighted by Gasteiger charge is 2.25. The van der Waals surface area contributed by atoms with Gasteiger partial charge in [-0.1, -0.05) is 13.8 Å². The molecule has 0 aliphatic carbocycles. The van der Waals surface area contributed by atoms with Crippen LogP contribution in [0.3, 0.4) is 0 Å². The normalized spacial score (nSPS) is 12.1. The Morgan fingerprint density at radius 2 is 1.84 bits per heavy atom. The predicted octanol–water partition coefficient (Wildman–Crippen LogP) is 2.39. The molecule has 104 valence electrons. The summed E-state index contributed by atoms with van der Waals surface area (Å²) < 4.78 is 10.6. The summed E-state index contributed by atoms with van der Waals surface area (Å²) in [5.41, 5.74) is 0.487. The average molecular weight is 266 g/mol. The predicted molar refractivity (Wildman–Crippen MR) is 69.9 cm³/mol. The average Bonchev–Trinajstić information content (AvgIpc) is 2.34. The summed E-state index contributed by atoms with van der Waals surface area (Å²) in [7, 11) is 1.44. The van der Waals surface area contributed by atoms with Crippen LogP contribution in [0.1, 0.15) is 31.1 Å². The lowest BCUT2D eigenvalue weighted by Crippen LogP contribution is -2.32. The van der Waals surface area contributed by atoms with E-state index in [0.717, 1.165) is 0 Å². The van der Waals surface area contributed by atoms with Gasteiger partial charge >= 0.3 is 5.97 Å². The standard InChI is InChI=1S/C14H18O5/c1-8(2)13(14(16)17)19-11-6-5-10(9(3)15)7-12(11)18-4/h5-8,13H,1-4H3,(H,16,17). The van der Waals surface area contributed by atoms with Crippen LogP contribution in [0.25, 0.3) is 0 Å². The second-order valence-electron chi connectivity index (χ2n) is 4.54. The minimum Gasteiger partial charge on any atom is -0.493 e. The first-order valence-corrected chi connectivity index (χ1v) is 5.95. The third kappa shape index (κ3) is 3.71. The van der Waals surface area contributed by atoms with Crippen LogP contribution in [-0.2, 0) is 4.79 Å². The number of carbonyl (C=O) groups is 2. The van der Waals surface area contributed by atoms with Gasteiger partial charge in [0.1, 0.15) is 0 Å². The van der Waals surface area contributed by atoms with Crippen LogP contribution in [0.4, 0.5) is 0 Å². The second-order valence-corrected chi connectivity index (χ2v) is 4.54. The van der Waals surface area contributed by atoms with Crippen molar-refractivity contribution in [3.8, 4) is 11.5 Å². The zero-order valence-electron chi connectivity index (χ0n) is 11.5. The molecule has 0 aromatic heterocycles. The number of aliphatic carboxylic acids is 1. The van der Waals surface area contributed by atoms with E-state index < -0.39 is 12.1 Å². The minimum atomic E-state index is -1.03. The molecule has 1 aromatic carbocycles. The summed E-state index contributed by atoms with van der Waals surface area (Å²) in [5.74, 6) is -0.654. The summed E-state index contributed by atoms with van der Waals surface area (Å²) in [6.45, 7) is 4.97. The van der Waals surface area contributed by atoms with Crippen molar-refractivity contribution in [2.24, 2.45) is 5.92 Å². The lowest BCUT2D eigenvalue weighted by molar-refractivity contribution is -0.147. The van der Waals surface area contributed by atoms with E-state index in [1.165, 1.54) is 20.1 Å². The largest absolute Gasteiger partial charge is 0.493 e. The monoisotopic (exact) mass is 266 g/mol. The molecule has 1 N–H and O–H groups in total. The second kappa shape index (κ2) is 6.22. The summed E-state index contributed by atoms with van der Waals surface area (Å²) in [6.07, 6.45) is -0.961. The van der Waals surface area contributed by atoms with E-state index in [1.54, 1.807) is 26.0 Å². The van der Waals surface area contributed by atoms with Gasteiger partial charge in [0.25, 0.3) is 0 Å². The van der Waals surface area contributed by atoms with Crippen molar-refractivity contribution >= 4 is 11.8 Å². The number of methoxy groups -OCH3 is 1. The molecular formula is C14H18O5. The molecule has 0 saturated heterocycles. The number of benzene rings is 1. The molecule has 5 heteroatoms. The van der Waals surface area contributed by atoms with Crippen LogP contribution in [-0.4, -0.2) is 30.1 Å². The van der Waals surface area contributed by atoms with Crippen molar-refractivity contribution < 1.29 is 24.2 Å². The number of carboxylic acid groups (broad SMARTS) is 1. The number of hydrogen-bond donors (Lipinski definition) is 1. The van der Waals surface area contributed by atoms with Crippen LogP contribution in [0.15, 0.2) is 18.2 Å². The molecule has 1 aromatic rings. The molecule has 0 amide bonds.